The number of carbonyl (C=O) groups is 2. The molecule has 0 saturated carbocycles. The van der Waals surface area contributed by atoms with E-state index in [4.69, 9.17) is 36.4 Å². The van der Waals surface area contributed by atoms with Crippen LogP contribution in [0.2, 0.25) is 0 Å². The lowest BCUT2D eigenvalue weighted by Crippen LogP contribution is -2.44. The molecule has 0 aliphatic carbocycles. The monoisotopic (exact) mass is 396 g/mol. The van der Waals surface area contributed by atoms with Gasteiger partial charge >= 0.3 is 5.97 Å². The molecule has 0 amide bonds. The smallest absolute Gasteiger partial charge is 0.320 e. The maximum Gasteiger partial charge on any atom is 0.320 e. The van der Waals surface area contributed by atoms with E-state index in [0.29, 0.717) is 13.0 Å². The maximum atomic E-state index is 10.9. The Bertz CT molecular complexity index is 384. The fourth-order valence-electron chi connectivity index (χ4n) is 2.06. The molecule has 27 heavy (non-hydrogen) atoms. The van der Waals surface area contributed by atoms with Gasteiger partial charge in [0.25, 0.3) is 0 Å². The molecule has 0 saturated heterocycles. The van der Waals surface area contributed by atoms with Crippen molar-refractivity contribution in [3.63, 3.8) is 0 Å². The molecular formula is C17H36N2O8. The lowest BCUT2D eigenvalue weighted by Gasteiger charge is -2.19. The number of aliphatic carboxylic acids is 1. The van der Waals surface area contributed by atoms with Gasteiger partial charge in [0.05, 0.1) is 6.61 Å². The zero-order chi connectivity index (χ0) is 21.2. The molecule has 4 atom stereocenters. The first kappa shape index (κ1) is 28.1. The number of aliphatic hydroxyl groups is 5. The largest absolute Gasteiger partial charge is 0.480 e. The molecule has 0 aromatic heterocycles. The first-order chi connectivity index (χ1) is 12.8. The standard InChI is InChI=1S/C11H24N2O2.C6H12O6/c1-2-3-6-9-13-10(11(14)15)7-4-5-8-12;7-1-3(9)5(11)6(12)4(10)2-8/h10,13H,2-9,12H2,1H3,(H,14,15);3,5-9,11-12H,1-2H2. The topological polar surface area (TPSA) is 194 Å². The van der Waals surface area contributed by atoms with Crippen LogP contribution in [0.25, 0.3) is 0 Å². The van der Waals surface area contributed by atoms with Crippen LogP contribution >= 0.6 is 0 Å². The van der Waals surface area contributed by atoms with E-state index in [2.05, 4.69) is 12.2 Å². The van der Waals surface area contributed by atoms with Gasteiger partial charge in [-0.3, -0.25) is 9.59 Å². The molecule has 4 unspecified atom stereocenters. The first-order valence-electron chi connectivity index (χ1n) is 9.21. The van der Waals surface area contributed by atoms with E-state index in [1.807, 2.05) is 0 Å². The maximum absolute atomic E-state index is 10.9. The number of rotatable bonds is 15. The van der Waals surface area contributed by atoms with Crippen molar-refractivity contribution in [3.8, 4) is 0 Å². The fraction of sp³-hybridized carbons (Fsp3) is 0.882. The molecule has 0 aromatic carbocycles. The minimum Gasteiger partial charge on any atom is -0.480 e. The number of ketones is 1. The second-order valence-electron chi connectivity index (χ2n) is 6.15. The molecule has 0 spiro atoms. The molecule has 162 valence electrons. The van der Waals surface area contributed by atoms with Crippen molar-refractivity contribution in [2.24, 2.45) is 5.73 Å². The van der Waals surface area contributed by atoms with E-state index in [1.54, 1.807) is 0 Å². The highest BCUT2D eigenvalue weighted by Gasteiger charge is 2.28. The van der Waals surface area contributed by atoms with Crippen molar-refractivity contribution in [1.82, 2.24) is 5.32 Å². The van der Waals surface area contributed by atoms with Crippen molar-refractivity contribution < 1.29 is 40.2 Å². The molecule has 0 fully saturated rings. The van der Waals surface area contributed by atoms with Crippen molar-refractivity contribution in [2.45, 2.75) is 69.8 Å². The summed E-state index contributed by atoms with van der Waals surface area (Å²) in [6, 6.07) is -0.395. The number of nitrogens with two attached hydrogens (primary N) is 1. The number of unbranched alkanes of at least 4 members (excludes halogenated alkanes) is 3. The zero-order valence-corrected chi connectivity index (χ0v) is 16.0. The third-order valence-electron chi connectivity index (χ3n) is 3.81. The summed E-state index contributed by atoms with van der Waals surface area (Å²) < 4.78 is 0. The molecular weight excluding hydrogens is 360 g/mol. The second-order valence-corrected chi connectivity index (χ2v) is 6.15. The molecule has 10 nitrogen and oxygen atoms in total. The second kappa shape index (κ2) is 18.2. The van der Waals surface area contributed by atoms with Crippen molar-refractivity contribution >= 4 is 11.8 Å². The van der Waals surface area contributed by atoms with Crippen LogP contribution in [0.4, 0.5) is 0 Å². The van der Waals surface area contributed by atoms with Crippen LogP contribution in [0.1, 0.15) is 45.4 Å². The van der Waals surface area contributed by atoms with Gasteiger partial charge < -0.3 is 41.7 Å². The molecule has 9 N–H and O–H groups in total. The van der Waals surface area contributed by atoms with E-state index in [1.165, 1.54) is 0 Å². The number of hydrogen-bond acceptors (Lipinski definition) is 9. The van der Waals surface area contributed by atoms with Crippen LogP contribution < -0.4 is 11.1 Å². The number of carbonyl (C=O) groups excluding carboxylic acids is 1. The minimum atomic E-state index is -1.86. The summed E-state index contributed by atoms with van der Waals surface area (Å²) in [7, 11) is 0. The normalized spacial score (nSPS) is 15.2. The Morgan fingerprint density at radius 2 is 1.67 bits per heavy atom. The minimum absolute atomic E-state index is 0.395. The van der Waals surface area contributed by atoms with E-state index in [0.717, 1.165) is 38.6 Å². The summed E-state index contributed by atoms with van der Waals surface area (Å²) in [6.07, 6.45) is 0.612. The molecule has 0 aliphatic rings. The summed E-state index contributed by atoms with van der Waals surface area (Å²) in [5.74, 6) is -1.75. The molecule has 0 bridgehead atoms. The lowest BCUT2D eigenvalue weighted by molar-refractivity contribution is -0.142. The molecule has 0 rings (SSSR count). The number of carboxylic acid groups (broad SMARTS) is 1. The van der Waals surface area contributed by atoms with Crippen LogP contribution in [0.3, 0.4) is 0 Å². The predicted octanol–water partition coefficient (Wildman–Crippen LogP) is -2.03. The zero-order valence-electron chi connectivity index (χ0n) is 16.0. The highest BCUT2D eigenvalue weighted by atomic mass is 16.4. The number of carboxylic acids is 1. The molecule has 0 radical (unpaired) electrons. The van der Waals surface area contributed by atoms with Gasteiger partial charge in [-0.2, -0.15) is 0 Å². The van der Waals surface area contributed by atoms with Gasteiger partial charge in [0.15, 0.2) is 5.78 Å². The van der Waals surface area contributed by atoms with Gasteiger partial charge in [-0.1, -0.05) is 26.2 Å². The number of nitrogens with one attached hydrogen (secondary N) is 1. The average molecular weight is 396 g/mol. The quantitative estimate of drug-likeness (QED) is 0.143. The van der Waals surface area contributed by atoms with Crippen molar-refractivity contribution in [2.75, 3.05) is 26.3 Å². The Morgan fingerprint density at radius 3 is 2.11 bits per heavy atom. The van der Waals surface area contributed by atoms with E-state index in [9.17, 15) is 9.59 Å². The summed E-state index contributed by atoms with van der Waals surface area (Å²) in [5, 5.41) is 55.1. The van der Waals surface area contributed by atoms with Crippen molar-refractivity contribution in [1.29, 1.82) is 0 Å². The van der Waals surface area contributed by atoms with Crippen molar-refractivity contribution in [3.05, 3.63) is 0 Å². The number of Topliss-reactive ketones (excluding diaryl/α,β-unsaturated/α-hetero) is 1. The SMILES string of the molecule is CCCCCNC(CCCCN)C(=O)O.O=C(CO)C(O)C(O)C(O)CO. The van der Waals surface area contributed by atoms with Gasteiger partial charge in [0, 0.05) is 0 Å². The van der Waals surface area contributed by atoms with Gasteiger partial charge in [0.1, 0.15) is 31.0 Å². The molecule has 0 aliphatic heterocycles. The predicted molar refractivity (Wildman–Crippen MR) is 99.1 cm³/mol. The summed E-state index contributed by atoms with van der Waals surface area (Å²) in [4.78, 5) is 21.4. The Balaban J connectivity index is 0. The van der Waals surface area contributed by atoms with Crippen LogP contribution in [0.15, 0.2) is 0 Å². The van der Waals surface area contributed by atoms with E-state index < -0.39 is 49.3 Å². The number of hydrogen-bond donors (Lipinski definition) is 8. The van der Waals surface area contributed by atoms with Gasteiger partial charge in [-0.05, 0) is 32.4 Å². The number of aliphatic hydroxyl groups excluding tert-OH is 5. The molecule has 0 aromatic rings. The van der Waals surface area contributed by atoms with E-state index in [-0.39, 0.29) is 0 Å². The highest BCUT2D eigenvalue weighted by molar-refractivity contribution is 5.84. The van der Waals surface area contributed by atoms with E-state index >= 15 is 0 Å². The highest BCUT2D eigenvalue weighted by Crippen LogP contribution is 2.02. The summed E-state index contributed by atoms with van der Waals surface area (Å²) >= 11 is 0. The molecule has 10 heteroatoms. The van der Waals surface area contributed by atoms with Gasteiger partial charge in [-0.15, -0.1) is 0 Å². The van der Waals surface area contributed by atoms with Crippen LogP contribution in [0, 0.1) is 0 Å². The van der Waals surface area contributed by atoms with Gasteiger partial charge in [-0.25, -0.2) is 0 Å². The molecule has 0 heterocycles. The third-order valence-corrected chi connectivity index (χ3v) is 3.81. The summed E-state index contributed by atoms with van der Waals surface area (Å²) in [5.41, 5.74) is 5.36. The lowest BCUT2D eigenvalue weighted by atomic mass is 10.1. The Morgan fingerprint density at radius 1 is 1.04 bits per heavy atom. The van der Waals surface area contributed by atoms with Crippen LogP contribution in [0.5, 0.6) is 0 Å². The first-order valence-corrected chi connectivity index (χ1v) is 9.21. The Kier molecular flexibility index (Phi) is 19.0. The summed E-state index contributed by atoms with van der Waals surface area (Å²) in [6.45, 7) is 1.89. The van der Waals surface area contributed by atoms with Crippen LogP contribution in [-0.2, 0) is 9.59 Å². The fourth-order valence-corrected chi connectivity index (χ4v) is 2.06. The van der Waals surface area contributed by atoms with Crippen LogP contribution in [-0.4, -0.2) is 93.0 Å². The van der Waals surface area contributed by atoms with Gasteiger partial charge in [0.2, 0.25) is 0 Å². The third kappa shape index (κ3) is 14.6. The Labute approximate surface area is 160 Å². The average Bonchev–Trinajstić information content (AvgIpc) is 2.67. The Hall–Kier alpha value is -1.14.